The van der Waals surface area contributed by atoms with Crippen molar-refractivity contribution in [2.45, 2.75) is 51.9 Å². The minimum absolute atomic E-state index is 0.0733. The molecule has 0 saturated heterocycles. The Hall–Kier alpha value is -2.54. The third-order valence-corrected chi connectivity index (χ3v) is 6.94. The SMILES string of the molecule is Cc1cc(C#CC23CC4CC(C2)CC(CC(=O)c2cnccn2)(C4)C3)ccn1. The summed E-state index contributed by atoms with van der Waals surface area (Å²) in [6.07, 6.45) is 14.4. The number of hydrogen-bond acceptors (Lipinski definition) is 4. The van der Waals surface area contributed by atoms with Crippen molar-refractivity contribution in [2.24, 2.45) is 22.7 Å². The van der Waals surface area contributed by atoms with Gasteiger partial charge in [0.15, 0.2) is 5.78 Å². The Bertz CT molecular complexity index is 958. The number of Topliss-reactive ketones (excluding diaryl/α,β-unsaturated/α-hetero) is 1. The third-order valence-electron chi connectivity index (χ3n) is 6.94. The Morgan fingerprint density at radius 2 is 1.96 bits per heavy atom. The molecule has 2 unspecified atom stereocenters. The van der Waals surface area contributed by atoms with Crippen molar-refractivity contribution in [2.75, 3.05) is 0 Å². The Kier molecular flexibility index (Phi) is 4.08. The fourth-order valence-electron chi connectivity index (χ4n) is 6.51. The summed E-state index contributed by atoms with van der Waals surface area (Å²) in [5.74, 6) is 8.71. The number of ketones is 1. The summed E-state index contributed by atoms with van der Waals surface area (Å²) < 4.78 is 0. The van der Waals surface area contributed by atoms with Crippen LogP contribution in [-0.2, 0) is 0 Å². The molecular formula is C24H25N3O. The van der Waals surface area contributed by atoms with Crippen LogP contribution in [0.25, 0.3) is 0 Å². The van der Waals surface area contributed by atoms with Crippen LogP contribution in [0.2, 0.25) is 0 Å². The summed E-state index contributed by atoms with van der Waals surface area (Å²) in [6.45, 7) is 2.00. The second kappa shape index (κ2) is 6.51. The molecule has 0 N–H and O–H groups in total. The van der Waals surface area contributed by atoms with Crippen molar-refractivity contribution in [1.29, 1.82) is 0 Å². The lowest BCUT2D eigenvalue weighted by Gasteiger charge is -2.60. The molecule has 4 aliphatic carbocycles. The van der Waals surface area contributed by atoms with E-state index in [9.17, 15) is 4.79 Å². The molecule has 0 amide bonds. The summed E-state index contributed by atoms with van der Waals surface area (Å²) >= 11 is 0. The number of carbonyl (C=O) groups is 1. The molecule has 2 heterocycles. The van der Waals surface area contributed by atoms with E-state index < -0.39 is 0 Å². The van der Waals surface area contributed by atoms with Gasteiger partial charge in [-0.15, -0.1) is 0 Å². The molecule has 0 spiro atoms. The zero-order chi connectivity index (χ0) is 19.2. The van der Waals surface area contributed by atoms with E-state index in [1.54, 1.807) is 18.6 Å². The first kappa shape index (κ1) is 17.6. The number of nitrogens with zero attached hydrogens (tertiary/aromatic N) is 3. The fourth-order valence-corrected chi connectivity index (χ4v) is 6.51. The van der Waals surface area contributed by atoms with E-state index in [1.165, 1.54) is 32.1 Å². The zero-order valence-corrected chi connectivity index (χ0v) is 16.3. The predicted octanol–water partition coefficient (Wildman–Crippen LogP) is 4.39. The maximum Gasteiger partial charge on any atom is 0.183 e. The topological polar surface area (TPSA) is 55.7 Å². The summed E-state index contributed by atoms with van der Waals surface area (Å²) in [5, 5.41) is 0. The van der Waals surface area contributed by atoms with E-state index in [2.05, 4.69) is 32.9 Å². The van der Waals surface area contributed by atoms with Gasteiger partial charge in [0.2, 0.25) is 0 Å². The molecule has 0 aromatic carbocycles. The van der Waals surface area contributed by atoms with E-state index in [1.807, 2.05) is 19.2 Å². The van der Waals surface area contributed by atoms with E-state index in [0.717, 1.165) is 17.7 Å². The van der Waals surface area contributed by atoms with Crippen LogP contribution in [0, 0.1) is 41.4 Å². The highest BCUT2D eigenvalue weighted by Crippen LogP contribution is 2.66. The summed E-state index contributed by atoms with van der Waals surface area (Å²) in [7, 11) is 0. The van der Waals surface area contributed by atoms with Crippen LogP contribution in [0.15, 0.2) is 36.9 Å². The molecule has 6 rings (SSSR count). The number of rotatable bonds is 3. The maximum absolute atomic E-state index is 12.9. The number of carbonyl (C=O) groups excluding carboxylic acids is 1. The van der Waals surface area contributed by atoms with Crippen LogP contribution in [0.3, 0.4) is 0 Å². The zero-order valence-electron chi connectivity index (χ0n) is 16.3. The standard InChI is InChI=1S/C24H25N3O/c1-17-8-18(3-5-26-17)2-4-23-10-19-9-20(11-23)13-24(12-19,16-23)14-22(28)21-15-25-6-7-27-21/h3,5-8,15,19-20H,9-14,16H2,1H3. The van der Waals surface area contributed by atoms with E-state index in [-0.39, 0.29) is 16.6 Å². The number of hydrogen-bond donors (Lipinski definition) is 0. The van der Waals surface area contributed by atoms with Crippen molar-refractivity contribution >= 4 is 5.78 Å². The Morgan fingerprint density at radius 3 is 2.68 bits per heavy atom. The van der Waals surface area contributed by atoms with Crippen LogP contribution >= 0.6 is 0 Å². The van der Waals surface area contributed by atoms with Gasteiger partial charge in [0, 0.05) is 41.7 Å². The van der Waals surface area contributed by atoms with Crippen LogP contribution in [0.5, 0.6) is 0 Å². The first-order chi connectivity index (χ1) is 13.5. The normalized spacial score (nSPS) is 32.6. The average Bonchev–Trinajstić information content (AvgIpc) is 2.66. The van der Waals surface area contributed by atoms with Crippen LogP contribution in [0.1, 0.15) is 66.7 Å². The highest BCUT2D eigenvalue weighted by atomic mass is 16.1. The summed E-state index contributed by atoms with van der Waals surface area (Å²) in [4.78, 5) is 25.5. The van der Waals surface area contributed by atoms with E-state index in [0.29, 0.717) is 24.0 Å². The number of aromatic nitrogens is 3. The second-order valence-electron chi connectivity index (χ2n) is 9.37. The molecule has 0 radical (unpaired) electrons. The number of aryl methyl sites for hydroxylation is 1. The fraction of sp³-hybridized carbons (Fsp3) is 0.500. The van der Waals surface area contributed by atoms with Gasteiger partial charge in [-0.25, -0.2) is 4.98 Å². The van der Waals surface area contributed by atoms with Gasteiger partial charge >= 0.3 is 0 Å². The Balaban J connectivity index is 1.42. The molecule has 2 atom stereocenters. The van der Waals surface area contributed by atoms with E-state index in [4.69, 9.17) is 0 Å². The van der Waals surface area contributed by atoms with Crippen molar-refractivity contribution < 1.29 is 4.79 Å². The van der Waals surface area contributed by atoms with Crippen molar-refractivity contribution in [3.05, 3.63) is 53.9 Å². The lowest BCUT2D eigenvalue weighted by atomic mass is 9.43. The van der Waals surface area contributed by atoms with Gasteiger partial charge in [0.25, 0.3) is 0 Å². The first-order valence-corrected chi connectivity index (χ1v) is 10.3. The molecule has 28 heavy (non-hydrogen) atoms. The molecule has 4 fully saturated rings. The largest absolute Gasteiger partial charge is 0.292 e. The van der Waals surface area contributed by atoms with Gasteiger partial charge in [-0.1, -0.05) is 11.8 Å². The maximum atomic E-state index is 12.9. The number of pyridine rings is 1. The van der Waals surface area contributed by atoms with Gasteiger partial charge in [0.1, 0.15) is 5.69 Å². The molecule has 4 saturated carbocycles. The van der Waals surface area contributed by atoms with Gasteiger partial charge in [-0.2, -0.15) is 0 Å². The second-order valence-corrected chi connectivity index (χ2v) is 9.37. The molecule has 142 valence electrons. The monoisotopic (exact) mass is 371 g/mol. The predicted molar refractivity (Wildman–Crippen MR) is 106 cm³/mol. The van der Waals surface area contributed by atoms with Crippen LogP contribution in [0.4, 0.5) is 0 Å². The minimum atomic E-state index is 0.0733. The molecule has 4 aliphatic rings. The van der Waals surface area contributed by atoms with Gasteiger partial charge < -0.3 is 0 Å². The molecule has 2 aromatic heterocycles. The van der Waals surface area contributed by atoms with Gasteiger partial charge in [0.05, 0.1) is 6.20 Å². The highest BCUT2D eigenvalue weighted by Gasteiger charge is 2.57. The third kappa shape index (κ3) is 3.24. The first-order valence-electron chi connectivity index (χ1n) is 10.3. The van der Waals surface area contributed by atoms with Crippen molar-refractivity contribution in [3.63, 3.8) is 0 Å². The molecule has 4 heteroatoms. The van der Waals surface area contributed by atoms with Crippen molar-refractivity contribution in [3.8, 4) is 11.8 Å². The molecule has 4 bridgehead atoms. The van der Waals surface area contributed by atoms with Gasteiger partial charge in [-0.05, 0) is 74.8 Å². The Morgan fingerprint density at radius 1 is 1.14 bits per heavy atom. The smallest absolute Gasteiger partial charge is 0.183 e. The van der Waals surface area contributed by atoms with Crippen LogP contribution < -0.4 is 0 Å². The van der Waals surface area contributed by atoms with Crippen LogP contribution in [-0.4, -0.2) is 20.7 Å². The van der Waals surface area contributed by atoms with Crippen molar-refractivity contribution in [1.82, 2.24) is 15.0 Å². The van der Waals surface area contributed by atoms with E-state index >= 15 is 0 Å². The molecular weight excluding hydrogens is 346 g/mol. The highest BCUT2D eigenvalue weighted by molar-refractivity contribution is 5.94. The molecule has 0 aliphatic heterocycles. The Labute approximate surface area is 166 Å². The lowest BCUT2D eigenvalue weighted by molar-refractivity contribution is -0.0822. The van der Waals surface area contributed by atoms with Gasteiger partial charge in [-0.3, -0.25) is 14.8 Å². The quantitative estimate of drug-likeness (QED) is 0.593. The average molecular weight is 371 g/mol. The molecule has 2 aromatic rings. The lowest BCUT2D eigenvalue weighted by Crippen LogP contribution is -2.52. The molecule has 4 nitrogen and oxygen atoms in total. The summed E-state index contributed by atoms with van der Waals surface area (Å²) in [6, 6.07) is 4.05. The summed E-state index contributed by atoms with van der Waals surface area (Å²) in [5.41, 5.74) is 2.73. The minimum Gasteiger partial charge on any atom is -0.292 e.